The molecule has 1 atom stereocenters. The average Bonchev–Trinajstić information content (AvgIpc) is 3.43. The Hall–Kier alpha value is -2.91. The largest absolute Gasteiger partial charge is 0.493 e. The van der Waals surface area contributed by atoms with Gasteiger partial charge in [-0.25, -0.2) is 0 Å². The van der Waals surface area contributed by atoms with Crippen LogP contribution in [0.2, 0.25) is 0 Å². The number of carbonyl (C=O) groups is 1. The standard InChI is InChI=1S/C21H23N3O5S/c1-13-22-19(29-23-13)11-28-12-20(25)24-7-6-14-9-16(26-2)17(27-3)10-15(14)21(24)18-5-4-8-30-18/h4-5,8-10,21H,6-7,11-12H2,1-3H3. The minimum atomic E-state index is -0.199. The first-order valence-electron chi connectivity index (χ1n) is 9.55. The van der Waals surface area contributed by atoms with Crippen LogP contribution < -0.4 is 9.47 Å². The van der Waals surface area contributed by atoms with Crippen molar-refractivity contribution in [3.8, 4) is 11.5 Å². The summed E-state index contributed by atoms with van der Waals surface area (Å²) in [5.74, 6) is 2.14. The number of amides is 1. The van der Waals surface area contributed by atoms with Crippen molar-refractivity contribution in [2.75, 3.05) is 27.4 Å². The molecular formula is C21H23N3O5S. The van der Waals surface area contributed by atoms with Crippen molar-refractivity contribution in [3.63, 3.8) is 0 Å². The Morgan fingerprint density at radius 3 is 2.77 bits per heavy atom. The number of rotatable bonds is 7. The molecule has 0 bridgehead atoms. The van der Waals surface area contributed by atoms with Crippen LogP contribution in [0, 0.1) is 6.92 Å². The van der Waals surface area contributed by atoms with E-state index in [2.05, 4.69) is 10.1 Å². The normalized spacial score (nSPS) is 15.7. The average molecular weight is 429 g/mol. The summed E-state index contributed by atoms with van der Waals surface area (Å²) in [5, 5.41) is 5.74. The summed E-state index contributed by atoms with van der Waals surface area (Å²) in [4.78, 5) is 20.1. The van der Waals surface area contributed by atoms with Crippen molar-refractivity contribution >= 4 is 17.2 Å². The minimum Gasteiger partial charge on any atom is -0.493 e. The van der Waals surface area contributed by atoms with Gasteiger partial charge in [0, 0.05) is 11.4 Å². The summed E-state index contributed by atoms with van der Waals surface area (Å²) >= 11 is 1.62. The van der Waals surface area contributed by atoms with Gasteiger partial charge in [0.15, 0.2) is 17.3 Å². The number of benzene rings is 1. The molecule has 3 aromatic rings. The Morgan fingerprint density at radius 2 is 2.10 bits per heavy atom. The number of nitrogens with zero attached hydrogens (tertiary/aromatic N) is 3. The van der Waals surface area contributed by atoms with Crippen LogP contribution >= 0.6 is 11.3 Å². The maximum absolute atomic E-state index is 13.1. The van der Waals surface area contributed by atoms with Gasteiger partial charge >= 0.3 is 0 Å². The van der Waals surface area contributed by atoms with Gasteiger partial charge in [0.1, 0.15) is 13.2 Å². The molecule has 0 spiro atoms. The molecule has 1 aliphatic rings. The zero-order valence-electron chi connectivity index (χ0n) is 17.1. The van der Waals surface area contributed by atoms with Gasteiger partial charge in [-0.2, -0.15) is 4.98 Å². The van der Waals surface area contributed by atoms with E-state index >= 15 is 0 Å². The molecule has 0 N–H and O–H groups in total. The Morgan fingerprint density at radius 1 is 1.30 bits per heavy atom. The van der Waals surface area contributed by atoms with E-state index < -0.39 is 0 Å². The minimum absolute atomic E-state index is 0.0636. The van der Waals surface area contributed by atoms with Crippen molar-refractivity contribution < 1.29 is 23.5 Å². The van der Waals surface area contributed by atoms with Gasteiger partial charge in [-0.1, -0.05) is 11.2 Å². The van der Waals surface area contributed by atoms with Crippen LogP contribution in [0.3, 0.4) is 0 Å². The van der Waals surface area contributed by atoms with Crippen molar-refractivity contribution in [2.24, 2.45) is 0 Å². The van der Waals surface area contributed by atoms with Crippen LogP contribution in [-0.4, -0.2) is 48.3 Å². The van der Waals surface area contributed by atoms with Gasteiger partial charge in [0.05, 0.1) is 20.3 Å². The van der Waals surface area contributed by atoms with E-state index in [0.29, 0.717) is 29.8 Å². The second-order valence-electron chi connectivity index (χ2n) is 6.89. The number of hydrogen-bond donors (Lipinski definition) is 0. The fraction of sp³-hybridized carbons (Fsp3) is 0.381. The van der Waals surface area contributed by atoms with Crippen molar-refractivity contribution in [1.82, 2.24) is 15.0 Å². The third-order valence-electron chi connectivity index (χ3n) is 5.03. The highest BCUT2D eigenvalue weighted by atomic mass is 32.1. The molecule has 3 heterocycles. The van der Waals surface area contributed by atoms with Crippen LogP contribution in [0.5, 0.6) is 11.5 Å². The second-order valence-corrected chi connectivity index (χ2v) is 7.87. The third-order valence-corrected chi connectivity index (χ3v) is 5.95. The molecule has 2 aromatic heterocycles. The highest BCUT2D eigenvalue weighted by Gasteiger charge is 2.34. The number of aromatic nitrogens is 2. The first-order chi connectivity index (χ1) is 14.6. The van der Waals surface area contributed by atoms with E-state index in [1.165, 1.54) is 0 Å². The van der Waals surface area contributed by atoms with E-state index in [4.69, 9.17) is 18.7 Å². The molecule has 8 nitrogen and oxygen atoms in total. The number of fused-ring (bicyclic) bond motifs is 1. The zero-order chi connectivity index (χ0) is 21.1. The molecule has 1 amide bonds. The molecule has 9 heteroatoms. The fourth-order valence-corrected chi connectivity index (χ4v) is 4.53. The van der Waals surface area contributed by atoms with Crippen molar-refractivity contribution in [2.45, 2.75) is 26.0 Å². The molecule has 1 unspecified atom stereocenters. The van der Waals surface area contributed by atoms with Gasteiger partial charge < -0.3 is 23.6 Å². The number of carbonyl (C=O) groups excluding carboxylic acids is 1. The summed E-state index contributed by atoms with van der Waals surface area (Å²) in [5.41, 5.74) is 2.19. The van der Waals surface area contributed by atoms with Gasteiger partial charge in [-0.3, -0.25) is 4.79 Å². The lowest BCUT2D eigenvalue weighted by atomic mass is 9.90. The smallest absolute Gasteiger partial charge is 0.252 e. The van der Waals surface area contributed by atoms with Crippen LogP contribution in [0.25, 0.3) is 0 Å². The Labute approximate surface area is 178 Å². The van der Waals surface area contributed by atoms with E-state index in [-0.39, 0.29) is 25.2 Å². The lowest BCUT2D eigenvalue weighted by Gasteiger charge is -2.37. The summed E-state index contributed by atoms with van der Waals surface area (Å²) in [6.45, 7) is 2.36. The van der Waals surface area contributed by atoms with Gasteiger partial charge in [0.2, 0.25) is 5.91 Å². The lowest BCUT2D eigenvalue weighted by Crippen LogP contribution is -2.42. The first kappa shape index (κ1) is 20.4. The predicted octanol–water partition coefficient (Wildman–Crippen LogP) is 3.15. The maximum atomic E-state index is 13.1. The molecule has 0 radical (unpaired) electrons. The molecule has 0 saturated carbocycles. The van der Waals surface area contributed by atoms with Crippen molar-refractivity contribution in [3.05, 3.63) is 57.4 Å². The monoisotopic (exact) mass is 429 g/mol. The summed E-state index contributed by atoms with van der Waals surface area (Å²) in [6, 6.07) is 7.82. The molecule has 0 saturated heterocycles. The number of ether oxygens (including phenoxy) is 3. The van der Waals surface area contributed by atoms with E-state index in [1.54, 1.807) is 32.5 Å². The second kappa shape index (κ2) is 8.85. The topological polar surface area (TPSA) is 86.9 Å². The first-order valence-corrected chi connectivity index (χ1v) is 10.4. The van der Waals surface area contributed by atoms with Crippen LogP contribution in [0.4, 0.5) is 0 Å². The molecule has 1 aromatic carbocycles. The van der Waals surface area contributed by atoms with Crippen LogP contribution in [0.15, 0.2) is 34.2 Å². The Kier molecular flexibility index (Phi) is 6.01. The number of methoxy groups -OCH3 is 2. The van der Waals surface area contributed by atoms with E-state index in [9.17, 15) is 4.79 Å². The molecule has 158 valence electrons. The fourth-order valence-electron chi connectivity index (χ4n) is 3.68. The van der Waals surface area contributed by atoms with Gasteiger partial charge in [-0.15, -0.1) is 11.3 Å². The van der Waals surface area contributed by atoms with E-state index in [0.717, 1.165) is 22.4 Å². The summed E-state index contributed by atoms with van der Waals surface area (Å²) in [7, 11) is 3.24. The zero-order valence-corrected chi connectivity index (χ0v) is 17.9. The quantitative estimate of drug-likeness (QED) is 0.570. The summed E-state index contributed by atoms with van der Waals surface area (Å²) in [6.07, 6.45) is 0.728. The molecule has 0 aliphatic carbocycles. The van der Waals surface area contributed by atoms with Crippen LogP contribution in [0.1, 0.15) is 33.8 Å². The molecule has 1 aliphatic heterocycles. The Bertz CT molecular complexity index is 1020. The van der Waals surface area contributed by atoms with Gasteiger partial charge in [0.25, 0.3) is 5.89 Å². The third kappa shape index (κ3) is 4.03. The van der Waals surface area contributed by atoms with E-state index in [1.807, 2.05) is 34.5 Å². The summed E-state index contributed by atoms with van der Waals surface area (Å²) < 4.78 is 21.5. The van der Waals surface area contributed by atoms with Crippen molar-refractivity contribution in [1.29, 1.82) is 0 Å². The van der Waals surface area contributed by atoms with Crippen LogP contribution in [-0.2, 0) is 22.6 Å². The highest BCUT2D eigenvalue weighted by molar-refractivity contribution is 7.10. The number of hydrogen-bond acceptors (Lipinski definition) is 8. The molecule has 0 fully saturated rings. The number of aryl methyl sites for hydroxylation is 1. The highest BCUT2D eigenvalue weighted by Crippen LogP contribution is 2.42. The SMILES string of the molecule is COc1cc2c(cc1OC)C(c1cccs1)N(C(=O)COCc1nc(C)no1)CC2. The van der Waals surface area contributed by atoms with Gasteiger partial charge in [-0.05, 0) is 48.1 Å². The Balaban J connectivity index is 1.58. The molecule has 30 heavy (non-hydrogen) atoms. The number of thiophene rings is 1. The molecular weight excluding hydrogens is 406 g/mol. The molecule has 4 rings (SSSR count). The maximum Gasteiger partial charge on any atom is 0.252 e. The predicted molar refractivity (Wildman–Crippen MR) is 110 cm³/mol. The lowest BCUT2D eigenvalue weighted by molar-refractivity contribution is -0.138.